The minimum atomic E-state index is -0.101. The fourth-order valence-corrected chi connectivity index (χ4v) is 4.40. The fraction of sp³-hybridized carbons (Fsp3) is 0.417. The lowest BCUT2D eigenvalue weighted by atomic mass is 10.1. The minimum absolute atomic E-state index is 0.0271. The number of quaternary nitrogens is 2. The minimum Gasteiger partial charge on any atom is -0.493 e. The smallest absolute Gasteiger partial charge is 0.282 e. The third kappa shape index (κ3) is 4.71. The van der Waals surface area contributed by atoms with Crippen molar-refractivity contribution >= 4 is 17.4 Å². The Morgan fingerprint density at radius 3 is 2.50 bits per heavy atom. The Morgan fingerprint density at radius 2 is 1.80 bits per heavy atom. The zero-order valence-corrected chi connectivity index (χ0v) is 17.8. The van der Waals surface area contributed by atoms with Crippen molar-refractivity contribution in [3.63, 3.8) is 0 Å². The highest BCUT2D eigenvalue weighted by molar-refractivity contribution is 5.96. The van der Waals surface area contributed by atoms with Gasteiger partial charge >= 0.3 is 0 Å². The van der Waals surface area contributed by atoms with Crippen LogP contribution in [0.1, 0.15) is 35.3 Å². The Balaban J connectivity index is 1.26. The molecular weight excluding hydrogens is 378 g/mol. The van der Waals surface area contributed by atoms with E-state index in [4.69, 9.17) is 4.74 Å². The molecule has 2 aromatic carbocycles. The van der Waals surface area contributed by atoms with E-state index < -0.39 is 0 Å². The van der Waals surface area contributed by atoms with E-state index in [2.05, 4.69) is 23.5 Å². The van der Waals surface area contributed by atoms with Crippen LogP contribution in [0.25, 0.3) is 0 Å². The molecular formula is C24H31N3O3+2. The zero-order chi connectivity index (χ0) is 21.1. The summed E-state index contributed by atoms with van der Waals surface area (Å²) < 4.78 is 5.60. The molecule has 0 saturated carbocycles. The van der Waals surface area contributed by atoms with E-state index in [0.29, 0.717) is 5.56 Å². The molecule has 0 aliphatic carbocycles. The van der Waals surface area contributed by atoms with Crippen molar-refractivity contribution in [2.75, 3.05) is 38.1 Å². The Kier molecular flexibility index (Phi) is 6.16. The van der Waals surface area contributed by atoms with Crippen LogP contribution >= 0.6 is 0 Å². The van der Waals surface area contributed by atoms with E-state index in [1.54, 1.807) is 36.1 Å². The van der Waals surface area contributed by atoms with Gasteiger partial charge in [-0.15, -0.1) is 0 Å². The summed E-state index contributed by atoms with van der Waals surface area (Å²) >= 11 is 0. The van der Waals surface area contributed by atoms with Gasteiger partial charge in [-0.3, -0.25) is 9.59 Å². The van der Waals surface area contributed by atoms with Gasteiger partial charge in [0.15, 0.2) is 11.8 Å². The SMILES string of the molecule is CC(=O)c1ccc(NC(=O)[C@@H](C)[NH+]2CC[NH+](Cc3ccc4c(c3)CCO4)CC2)cc1. The summed E-state index contributed by atoms with van der Waals surface area (Å²) in [7, 11) is 0. The molecule has 0 aromatic heterocycles. The lowest BCUT2D eigenvalue weighted by Gasteiger charge is -2.32. The fourth-order valence-electron chi connectivity index (χ4n) is 4.40. The molecule has 0 unspecified atom stereocenters. The summed E-state index contributed by atoms with van der Waals surface area (Å²) in [5, 5.41) is 2.99. The molecule has 1 atom stereocenters. The van der Waals surface area contributed by atoms with E-state index in [0.717, 1.165) is 57.2 Å². The third-order valence-corrected chi connectivity index (χ3v) is 6.37. The maximum atomic E-state index is 12.7. The van der Waals surface area contributed by atoms with Crippen LogP contribution in [0.3, 0.4) is 0 Å². The lowest BCUT2D eigenvalue weighted by Crippen LogP contribution is -3.29. The Morgan fingerprint density at radius 1 is 1.07 bits per heavy atom. The van der Waals surface area contributed by atoms with E-state index >= 15 is 0 Å². The topological polar surface area (TPSA) is 64.3 Å². The predicted octanol–water partition coefficient (Wildman–Crippen LogP) is 0.135. The van der Waals surface area contributed by atoms with E-state index in [-0.39, 0.29) is 17.7 Å². The van der Waals surface area contributed by atoms with Crippen molar-refractivity contribution in [2.45, 2.75) is 32.9 Å². The summed E-state index contributed by atoms with van der Waals surface area (Å²) in [6, 6.07) is 13.6. The van der Waals surface area contributed by atoms with Gasteiger partial charge in [-0.05, 0) is 61.9 Å². The maximum absolute atomic E-state index is 12.7. The first-order chi connectivity index (χ1) is 14.5. The molecule has 2 aliphatic heterocycles. The molecule has 2 aliphatic rings. The quantitative estimate of drug-likeness (QED) is 0.595. The molecule has 0 bridgehead atoms. The standard InChI is InChI=1S/C24H29N3O3/c1-17(24(29)25-22-6-4-20(5-7-22)18(2)28)27-12-10-26(11-13-27)16-19-3-8-23-21(15-19)9-14-30-23/h3-8,15,17H,9-14,16H2,1-2H3,(H,25,29)/p+2/t17-/m1/s1. The number of ketones is 1. The second kappa shape index (κ2) is 8.98. The monoisotopic (exact) mass is 409 g/mol. The first-order valence-corrected chi connectivity index (χ1v) is 10.8. The molecule has 1 saturated heterocycles. The van der Waals surface area contributed by atoms with Crippen LogP contribution in [0.5, 0.6) is 5.75 Å². The second-order valence-corrected chi connectivity index (χ2v) is 8.47. The number of Topliss-reactive ketones (excluding diaryl/α,β-unsaturated/α-hetero) is 1. The van der Waals surface area contributed by atoms with Crippen molar-refractivity contribution in [3.8, 4) is 5.75 Å². The summed E-state index contributed by atoms with van der Waals surface area (Å²) in [5.74, 6) is 1.10. The van der Waals surface area contributed by atoms with Gasteiger partial charge in [0, 0.05) is 23.2 Å². The van der Waals surface area contributed by atoms with Crippen LogP contribution in [0.15, 0.2) is 42.5 Å². The van der Waals surface area contributed by atoms with Crippen molar-refractivity contribution in [2.24, 2.45) is 0 Å². The molecule has 4 rings (SSSR count). The first kappa shape index (κ1) is 20.6. The number of amides is 1. The van der Waals surface area contributed by atoms with Crippen LogP contribution in [0, 0.1) is 0 Å². The summed E-state index contributed by atoms with van der Waals surface area (Å²) in [5.41, 5.74) is 4.10. The highest BCUT2D eigenvalue weighted by Gasteiger charge is 2.31. The molecule has 6 heteroatoms. The molecule has 158 valence electrons. The van der Waals surface area contributed by atoms with E-state index in [1.165, 1.54) is 16.0 Å². The van der Waals surface area contributed by atoms with E-state index in [9.17, 15) is 9.59 Å². The molecule has 2 heterocycles. The van der Waals surface area contributed by atoms with Gasteiger partial charge in [0.25, 0.3) is 5.91 Å². The number of piperazine rings is 1. The number of benzene rings is 2. The van der Waals surface area contributed by atoms with Gasteiger partial charge in [-0.2, -0.15) is 0 Å². The molecule has 30 heavy (non-hydrogen) atoms. The summed E-state index contributed by atoms with van der Waals surface area (Å²) in [6.45, 7) is 9.47. The number of hydrogen-bond donors (Lipinski definition) is 3. The van der Waals surface area contributed by atoms with Crippen molar-refractivity contribution < 1.29 is 24.1 Å². The zero-order valence-electron chi connectivity index (χ0n) is 17.8. The Bertz CT molecular complexity index is 918. The van der Waals surface area contributed by atoms with Gasteiger partial charge in [0.2, 0.25) is 0 Å². The predicted molar refractivity (Wildman–Crippen MR) is 115 cm³/mol. The number of ether oxygens (including phenoxy) is 1. The van der Waals surface area contributed by atoms with Gasteiger partial charge < -0.3 is 19.9 Å². The highest BCUT2D eigenvalue weighted by Crippen LogP contribution is 2.25. The normalized spacial score (nSPS) is 21.4. The van der Waals surface area contributed by atoms with Crippen LogP contribution < -0.4 is 19.9 Å². The molecule has 2 aromatic rings. The molecule has 0 spiro atoms. The number of rotatable bonds is 6. The Labute approximate surface area is 177 Å². The highest BCUT2D eigenvalue weighted by atomic mass is 16.5. The van der Waals surface area contributed by atoms with Crippen LogP contribution in [0.4, 0.5) is 5.69 Å². The largest absolute Gasteiger partial charge is 0.493 e. The van der Waals surface area contributed by atoms with Crippen molar-refractivity contribution in [1.82, 2.24) is 0 Å². The average molecular weight is 410 g/mol. The van der Waals surface area contributed by atoms with Gasteiger partial charge in [0.1, 0.15) is 38.5 Å². The number of fused-ring (bicyclic) bond motifs is 1. The van der Waals surface area contributed by atoms with Gasteiger partial charge in [0.05, 0.1) is 6.61 Å². The number of anilines is 1. The summed E-state index contributed by atoms with van der Waals surface area (Å²) in [6.07, 6.45) is 1.01. The van der Waals surface area contributed by atoms with Gasteiger partial charge in [-0.25, -0.2) is 0 Å². The summed E-state index contributed by atoms with van der Waals surface area (Å²) in [4.78, 5) is 27.0. The molecule has 3 N–H and O–H groups in total. The number of nitrogens with one attached hydrogen (secondary N) is 3. The molecule has 1 amide bonds. The average Bonchev–Trinajstić information content (AvgIpc) is 3.22. The number of hydrogen-bond acceptors (Lipinski definition) is 3. The van der Waals surface area contributed by atoms with Crippen LogP contribution in [-0.2, 0) is 17.8 Å². The molecule has 1 fully saturated rings. The van der Waals surface area contributed by atoms with Crippen molar-refractivity contribution in [3.05, 3.63) is 59.2 Å². The van der Waals surface area contributed by atoms with E-state index in [1.807, 2.05) is 6.92 Å². The molecule has 0 radical (unpaired) electrons. The molecule has 6 nitrogen and oxygen atoms in total. The lowest BCUT2D eigenvalue weighted by molar-refractivity contribution is -1.02. The van der Waals surface area contributed by atoms with Crippen molar-refractivity contribution in [1.29, 1.82) is 0 Å². The first-order valence-electron chi connectivity index (χ1n) is 10.8. The van der Waals surface area contributed by atoms with Crippen LogP contribution in [0.2, 0.25) is 0 Å². The second-order valence-electron chi connectivity index (χ2n) is 8.47. The maximum Gasteiger partial charge on any atom is 0.282 e. The number of carbonyl (C=O) groups is 2. The van der Waals surface area contributed by atoms with Crippen LogP contribution in [-0.4, -0.2) is 50.5 Å². The third-order valence-electron chi connectivity index (χ3n) is 6.37. The Hall–Kier alpha value is -2.70. The number of carbonyl (C=O) groups excluding carboxylic acids is 2. The van der Waals surface area contributed by atoms with Gasteiger partial charge in [-0.1, -0.05) is 0 Å².